The molecule has 0 aliphatic heterocycles. The third-order valence-corrected chi connectivity index (χ3v) is 2.23. The lowest BCUT2D eigenvalue weighted by Crippen LogP contribution is -2.15. The van der Waals surface area contributed by atoms with Gasteiger partial charge in [-0.1, -0.05) is 12.1 Å². The van der Waals surface area contributed by atoms with Crippen molar-refractivity contribution in [1.29, 1.82) is 0 Å². The first-order valence-electron chi connectivity index (χ1n) is 4.69. The Balaban J connectivity index is 2.78. The van der Waals surface area contributed by atoms with Gasteiger partial charge in [-0.2, -0.15) is 0 Å². The van der Waals surface area contributed by atoms with Crippen LogP contribution in [0.1, 0.15) is 12.5 Å². The first-order valence-corrected chi connectivity index (χ1v) is 4.69. The van der Waals surface area contributed by atoms with Crippen LogP contribution in [0, 0.1) is 0 Å². The molecule has 0 saturated carbocycles. The zero-order valence-electron chi connectivity index (χ0n) is 8.33. The lowest BCUT2D eigenvalue weighted by molar-refractivity contribution is 0.299. The largest absolute Gasteiger partial charge is 0.396 e. The fourth-order valence-corrected chi connectivity index (χ4v) is 1.26. The van der Waals surface area contributed by atoms with Gasteiger partial charge in [-0.15, -0.1) is 0 Å². The monoisotopic (exact) mass is 179 g/mol. The number of benzene rings is 1. The molecular weight excluding hydrogens is 162 g/mol. The van der Waals surface area contributed by atoms with Crippen LogP contribution in [0.25, 0.3) is 0 Å². The normalized spacial score (nSPS) is 10.1. The van der Waals surface area contributed by atoms with Gasteiger partial charge < -0.3 is 10.0 Å². The van der Waals surface area contributed by atoms with Crippen molar-refractivity contribution < 1.29 is 5.11 Å². The Kier molecular flexibility index (Phi) is 3.77. The number of rotatable bonds is 4. The van der Waals surface area contributed by atoms with Gasteiger partial charge in [-0.3, -0.25) is 0 Å². The number of hydrogen-bond acceptors (Lipinski definition) is 2. The summed E-state index contributed by atoms with van der Waals surface area (Å²) in [5.41, 5.74) is 2.41. The van der Waals surface area contributed by atoms with E-state index in [9.17, 15) is 0 Å². The first kappa shape index (κ1) is 10.1. The van der Waals surface area contributed by atoms with Crippen LogP contribution in [-0.4, -0.2) is 25.3 Å². The van der Waals surface area contributed by atoms with E-state index in [2.05, 4.69) is 31.0 Å². The molecule has 1 aromatic rings. The summed E-state index contributed by atoms with van der Waals surface area (Å²) in [6.45, 7) is 3.35. The number of aliphatic hydroxyl groups is 1. The minimum absolute atomic E-state index is 0.222. The molecule has 0 atom stereocenters. The third-order valence-electron chi connectivity index (χ3n) is 2.23. The molecule has 0 unspecified atom stereocenters. The fraction of sp³-hybridized carbons (Fsp3) is 0.455. The summed E-state index contributed by atoms with van der Waals surface area (Å²) >= 11 is 0. The van der Waals surface area contributed by atoms with Crippen molar-refractivity contribution in [2.45, 2.75) is 13.3 Å². The Labute approximate surface area is 79.8 Å². The molecule has 0 fully saturated rings. The molecule has 13 heavy (non-hydrogen) atoms. The Morgan fingerprint density at radius 2 is 2.15 bits per heavy atom. The van der Waals surface area contributed by atoms with Crippen molar-refractivity contribution >= 4 is 5.69 Å². The number of anilines is 1. The topological polar surface area (TPSA) is 23.5 Å². The molecule has 0 aliphatic rings. The molecule has 0 aliphatic carbocycles. The van der Waals surface area contributed by atoms with Gasteiger partial charge >= 0.3 is 0 Å². The minimum atomic E-state index is 0.222. The van der Waals surface area contributed by atoms with Crippen LogP contribution in [0.3, 0.4) is 0 Å². The second-order valence-corrected chi connectivity index (χ2v) is 3.16. The standard InChI is InChI=1S/C11H17NO/c1-3-12(2)11-6-4-5-10(9-11)7-8-13/h4-6,9,13H,3,7-8H2,1-2H3. The van der Waals surface area contributed by atoms with E-state index in [1.807, 2.05) is 12.1 Å². The highest BCUT2D eigenvalue weighted by Crippen LogP contribution is 2.14. The average Bonchev–Trinajstić information content (AvgIpc) is 2.18. The average molecular weight is 179 g/mol. The predicted octanol–water partition coefficient (Wildman–Crippen LogP) is 1.68. The van der Waals surface area contributed by atoms with Gasteiger partial charge in [0, 0.05) is 25.9 Å². The van der Waals surface area contributed by atoms with Crippen molar-refractivity contribution in [3.05, 3.63) is 29.8 Å². The second kappa shape index (κ2) is 4.87. The summed E-state index contributed by atoms with van der Waals surface area (Å²) in [7, 11) is 2.07. The fourth-order valence-electron chi connectivity index (χ4n) is 1.26. The highest BCUT2D eigenvalue weighted by Gasteiger charge is 1.98. The van der Waals surface area contributed by atoms with Crippen molar-refractivity contribution in [3.63, 3.8) is 0 Å². The summed E-state index contributed by atoms with van der Waals surface area (Å²) in [6, 6.07) is 8.29. The SMILES string of the molecule is CCN(C)c1cccc(CCO)c1. The zero-order chi connectivity index (χ0) is 9.68. The molecular formula is C11H17NO. The van der Waals surface area contributed by atoms with E-state index in [4.69, 9.17) is 5.11 Å². The van der Waals surface area contributed by atoms with Crippen LogP contribution < -0.4 is 4.90 Å². The van der Waals surface area contributed by atoms with Crippen molar-refractivity contribution in [2.75, 3.05) is 25.1 Å². The number of hydrogen-bond donors (Lipinski definition) is 1. The van der Waals surface area contributed by atoms with Crippen LogP contribution in [0.5, 0.6) is 0 Å². The Hall–Kier alpha value is -1.02. The Morgan fingerprint density at radius 3 is 2.77 bits per heavy atom. The van der Waals surface area contributed by atoms with Gasteiger partial charge in [0.05, 0.1) is 0 Å². The van der Waals surface area contributed by atoms with E-state index >= 15 is 0 Å². The molecule has 0 spiro atoms. The minimum Gasteiger partial charge on any atom is -0.396 e. The molecule has 1 N–H and O–H groups in total. The van der Waals surface area contributed by atoms with Crippen LogP contribution in [-0.2, 0) is 6.42 Å². The lowest BCUT2D eigenvalue weighted by atomic mass is 10.1. The van der Waals surface area contributed by atoms with Crippen LogP contribution >= 0.6 is 0 Å². The molecule has 2 heteroatoms. The molecule has 2 nitrogen and oxygen atoms in total. The van der Waals surface area contributed by atoms with Gasteiger partial charge in [0.2, 0.25) is 0 Å². The van der Waals surface area contributed by atoms with E-state index in [0.717, 1.165) is 13.0 Å². The highest BCUT2D eigenvalue weighted by atomic mass is 16.2. The van der Waals surface area contributed by atoms with E-state index in [1.54, 1.807) is 0 Å². The van der Waals surface area contributed by atoms with Crippen LogP contribution in [0.2, 0.25) is 0 Å². The van der Waals surface area contributed by atoms with Gasteiger partial charge in [-0.25, -0.2) is 0 Å². The van der Waals surface area contributed by atoms with Crippen LogP contribution in [0.4, 0.5) is 5.69 Å². The third kappa shape index (κ3) is 2.74. The molecule has 1 rings (SSSR count). The van der Waals surface area contributed by atoms with E-state index < -0.39 is 0 Å². The quantitative estimate of drug-likeness (QED) is 0.760. The van der Waals surface area contributed by atoms with Gasteiger partial charge in [0.15, 0.2) is 0 Å². The van der Waals surface area contributed by atoms with Gasteiger partial charge in [-0.05, 0) is 31.0 Å². The second-order valence-electron chi connectivity index (χ2n) is 3.16. The molecule has 0 heterocycles. The zero-order valence-corrected chi connectivity index (χ0v) is 8.33. The maximum Gasteiger partial charge on any atom is 0.0471 e. The lowest BCUT2D eigenvalue weighted by Gasteiger charge is -2.17. The summed E-state index contributed by atoms with van der Waals surface area (Å²) in [4.78, 5) is 2.18. The molecule has 0 aromatic heterocycles. The summed E-state index contributed by atoms with van der Waals surface area (Å²) in [6.07, 6.45) is 0.741. The first-order chi connectivity index (χ1) is 6.27. The van der Waals surface area contributed by atoms with Crippen LogP contribution in [0.15, 0.2) is 24.3 Å². The van der Waals surface area contributed by atoms with E-state index in [-0.39, 0.29) is 6.61 Å². The molecule has 0 amide bonds. The molecule has 0 radical (unpaired) electrons. The Morgan fingerprint density at radius 1 is 1.38 bits per heavy atom. The van der Waals surface area contributed by atoms with Gasteiger partial charge in [0.25, 0.3) is 0 Å². The van der Waals surface area contributed by atoms with E-state index in [1.165, 1.54) is 11.3 Å². The highest BCUT2D eigenvalue weighted by molar-refractivity contribution is 5.47. The van der Waals surface area contributed by atoms with Crippen molar-refractivity contribution in [2.24, 2.45) is 0 Å². The van der Waals surface area contributed by atoms with Crippen molar-refractivity contribution in [3.8, 4) is 0 Å². The number of aliphatic hydroxyl groups excluding tert-OH is 1. The summed E-state index contributed by atoms with van der Waals surface area (Å²) in [5.74, 6) is 0. The maximum atomic E-state index is 8.79. The number of nitrogens with zero attached hydrogens (tertiary/aromatic N) is 1. The summed E-state index contributed by atoms with van der Waals surface area (Å²) in [5, 5.41) is 8.79. The maximum absolute atomic E-state index is 8.79. The predicted molar refractivity (Wildman–Crippen MR) is 56.2 cm³/mol. The van der Waals surface area contributed by atoms with Crippen molar-refractivity contribution in [1.82, 2.24) is 0 Å². The van der Waals surface area contributed by atoms with Gasteiger partial charge in [0.1, 0.15) is 0 Å². The summed E-state index contributed by atoms with van der Waals surface area (Å²) < 4.78 is 0. The molecule has 0 bridgehead atoms. The molecule has 0 saturated heterocycles. The van der Waals surface area contributed by atoms with E-state index in [0.29, 0.717) is 0 Å². The smallest absolute Gasteiger partial charge is 0.0471 e. The molecule has 1 aromatic carbocycles. The molecule has 72 valence electrons. The Bertz CT molecular complexity index is 260.